The van der Waals surface area contributed by atoms with Gasteiger partial charge in [-0.15, -0.1) is 0 Å². The molecule has 9 nitrogen and oxygen atoms in total. The van der Waals surface area contributed by atoms with E-state index in [1.54, 1.807) is 12.1 Å². The lowest BCUT2D eigenvalue weighted by molar-refractivity contribution is -0.221. The van der Waals surface area contributed by atoms with Gasteiger partial charge in [0.2, 0.25) is 0 Å². The number of carbonyl (C=O) groups is 2. The first-order valence-electron chi connectivity index (χ1n) is 20.5. The van der Waals surface area contributed by atoms with E-state index in [4.69, 9.17) is 4.74 Å². The van der Waals surface area contributed by atoms with E-state index >= 15 is 0 Å². The number of amides is 1. The van der Waals surface area contributed by atoms with Crippen molar-refractivity contribution < 1.29 is 27.9 Å². The van der Waals surface area contributed by atoms with Gasteiger partial charge in [0.15, 0.2) is 9.84 Å². The van der Waals surface area contributed by atoms with Crippen molar-refractivity contribution in [3.63, 3.8) is 0 Å². The fraction of sp³-hybridized carbons (Fsp3) is 0.767. The standard InChI is InChI=1S/C43H65N3O6S/c1-28(45-38(49)52-7)31-14-19-43(44-22-23-46-24-26-53(50,51)27-25-46)21-20-41(5)33(36(31)43)12-13-35-40(4)17-15-32(29-8-10-30(11-9-29)37(47)48)39(2,3)34(40)16-18-42(35,41)6/h8-11,15,28,31,33-36,44H,12-14,16-27H2,1-7H3,(H,45,49)(H,47,48). The molecule has 0 bridgehead atoms. The second-order valence-electron chi connectivity index (χ2n) is 19.3. The zero-order valence-electron chi connectivity index (χ0n) is 33.3. The molecule has 1 heterocycles. The molecule has 1 amide bonds. The number of nitrogens with zero attached hydrogens (tertiary/aromatic N) is 1. The van der Waals surface area contributed by atoms with E-state index in [2.05, 4.69) is 63.2 Å². The van der Waals surface area contributed by atoms with Crippen LogP contribution >= 0.6 is 0 Å². The molecule has 1 aromatic rings. The number of ether oxygens (including phenoxy) is 1. The molecule has 1 aliphatic heterocycles. The van der Waals surface area contributed by atoms with Gasteiger partial charge in [-0.3, -0.25) is 0 Å². The summed E-state index contributed by atoms with van der Waals surface area (Å²) in [7, 11) is -1.46. The number of carbonyl (C=O) groups excluding carboxylic acids is 1. The van der Waals surface area contributed by atoms with E-state index in [1.165, 1.54) is 44.8 Å². The Morgan fingerprint density at radius 1 is 0.925 bits per heavy atom. The summed E-state index contributed by atoms with van der Waals surface area (Å²) in [5.74, 6) is 2.08. The predicted octanol–water partition coefficient (Wildman–Crippen LogP) is 7.28. The minimum Gasteiger partial charge on any atom is -0.478 e. The molecule has 4 saturated carbocycles. The number of methoxy groups -OCH3 is 1. The Hall–Kier alpha value is -2.43. The summed E-state index contributed by atoms with van der Waals surface area (Å²) in [6, 6.07) is 7.52. The van der Waals surface area contributed by atoms with Gasteiger partial charge in [-0.2, -0.15) is 0 Å². The maximum Gasteiger partial charge on any atom is 0.407 e. The first-order valence-corrected chi connectivity index (χ1v) is 22.3. The van der Waals surface area contributed by atoms with Crippen LogP contribution in [0.3, 0.4) is 0 Å². The summed E-state index contributed by atoms with van der Waals surface area (Å²) in [5, 5.41) is 16.9. The Kier molecular flexibility index (Phi) is 10.00. The lowest BCUT2D eigenvalue weighted by Gasteiger charge is -2.72. The molecule has 6 aliphatic rings. The monoisotopic (exact) mass is 751 g/mol. The molecule has 0 aromatic heterocycles. The van der Waals surface area contributed by atoms with Crippen molar-refractivity contribution in [3.8, 4) is 0 Å². The number of alkyl carbamates (subject to hydrolysis) is 1. The molecule has 10 atom stereocenters. The number of nitrogens with one attached hydrogen (secondary N) is 2. The first-order chi connectivity index (χ1) is 24.9. The van der Waals surface area contributed by atoms with Crippen molar-refractivity contribution in [2.75, 3.05) is 44.8 Å². The zero-order chi connectivity index (χ0) is 38.2. The highest BCUT2D eigenvalue weighted by molar-refractivity contribution is 7.91. The minimum atomic E-state index is -2.91. The van der Waals surface area contributed by atoms with E-state index < -0.39 is 15.8 Å². The van der Waals surface area contributed by atoms with Crippen molar-refractivity contribution in [2.45, 2.75) is 111 Å². The molecule has 3 N–H and O–H groups in total. The Morgan fingerprint density at radius 3 is 2.28 bits per heavy atom. The zero-order valence-corrected chi connectivity index (χ0v) is 34.1. The molecule has 1 aromatic carbocycles. The number of rotatable bonds is 8. The van der Waals surface area contributed by atoms with Crippen LogP contribution in [0.5, 0.6) is 0 Å². The Bertz CT molecular complexity index is 1710. The summed E-state index contributed by atoms with van der Waals surface area (Å²) < 4.78 is 29.3. The quantitative estimate of drug-likeness (QED) is 0.253. The molecule has 5 fully saturated rings. The highest BCUT2D eigenvalue weighted by atomic mass is 32.2. The van der Waals surface area contributed by atoms with E-state index in [0.29, 0.717) is 48.2 Å². The molecule has 10 heteroatoms. The second-order valence-corrected chi connectivity index (χ2v) is 21.6. The minimum absolute atomic E-state index is 0.00766. The normalized spacial score (nSPS) is 40.7. The SMILES string of the molecule is COC(=O)NC(C)C1CCC2(NCCN3CCS(=O)(=O)CC3)CCC3(C)C(CCC4C5(C)CC=C(c6ccc(C(=O)O)cc6)C(C)(C)C5CCC43C)C12. The Morgan fingerprint density at radius 2 is 1.62 bits per heavy atom. The van der Waals surface area contributed by atoms with Gasteiger partial charge in [-0.25, -0.2) is 18.0 Å². The van der Waals surface area contributed by atoms with Gasteiger partial charge in [-0.05, 0) is 139 Å². The van der Waals surface area contributed by atoms with Crippen molar-refractivity contribution in [1.29, 1.82) is 0 Å². The molecule has 7 rings (SSSR count). The van der Waals surface area contributed by atoms with Crippen LogP contribution in [0.25, 0.3) is 5.57 Å². The molecule has 1 saturated heterocycles. The van der Waals surface area contributed by atoms with Crippen LogP contribution in [-0.2, 0) is 14.6 Å². The smallest absolute Gasteiger partial charge is 0.407 e. The summed E-state index contributed by atoms with van der Waals surface area (Å²) in [6.45, 7) is 17.9. The van der Waals surface area contributed by atoms with Crippen molar-refractivity contribution >= 4 is 27.5 Å². The summed E-state index contributed by atoms with van der Waals surface area (Å²) in [4.78, 5) is 26.4. The van der Waals surface area contributed by atoms with E-state index in [9.17, 15) is 23.1 Å². The van der Waals surface area contributed by atoms with Crippen LogP contribution in [0.4, 0.5) is 4.79 Å². The number of sulfone groups is 1. The summed E-state index contributed by atoms with van der Waals surface area (Å²) >= 11 is 0. The van der Waals surface area contributed by atoms with E-state index in [1.807, 2.05) is 12.1 Å². The number of aromatic carboxylic acids is 1. The van der Waals surface area contributed by atoms with Crippen molar-refractivity contribution in [3.05, 3.63) is 41.5 Å². The number of benzene rings is 1. The van der Waals surface area contributed by atoms with E-state index in [0.717, 1.165) is 44.3 Å². The van der Waals surface area contributed by atoms with Crippen LogP contribution < -0.4 is 10.6 Å². The molecular weight excluding hydrogens is 687 g/mol. The third-order valence-corrected chi connectivity index (χ3v) is 18.6. The van der Waals surface area contributed by atoms with Crippen LogP contribution in [-0.4, -0.2) is 86.9 Å². The highest BCUT2D eigenvalue weighted by Crippen LogP contribution is 2.76. The molecule has 10 unspecified atom stereocenters. The molecule has 294 valence electrons. The van der Waals surface area contributed by atoms with Gasteiger partial charge in [0, 0.05) is 37.8 Å². The fourth-order valence-electron chi connectivity index (χ4n) is 14.2. The number of carboxylic acids is 1. The maximum absolute atomic E-state index is 12.5. The van der Waals surface area contributed by atoms with Gasteiger partial charge in [-0.1, -0.05) is 52.8 Å². The van der Waals surface area contributed by atoms with Crippen LogP contribution in [0.2, 0.25) is 0 Å². The van der Waals surface area contributed by atoms with Gasteiger partial charge in [0.05, 0.1) is 24.2 Å². The summed E-state index contributed by atoms with van der Waals surface area (Å²) in [6.07, 6.45) is 12.5. The van der Waals surface area contributed by atoms with Crippen molar-refractivity contribution in [1.82, 2.24) is 15.5 Å². The average molecular weight is 752 g/mol. The maximum atomic E-state index is 12.5. The summed E-state index contributed by atoms with van der Waals surface area (Å²) in [5.41, 5.74) is 3.32. The first kappa shape index (κ1) is 38.8. The van der Waals surface area contributed by atoms with Crippen LogP contribution in [0.1, 0.15) is 115 Å². The molecule has 0 radical (unpaired) electrons. The predicted molar refractivity (Wildman–Crippen MR) is 209 cm³/mol. The molecule has 5 aliphatic carbocycles. The Balaban J connectivity index is 1.17. The number of hydrogen-bond donors (Lipinski definition) is 3. The van der Waals surface area contributed by atoms with Crippen LogP contribution in [0.15, 0.2) is 30.3 Å². The van der Waals surface area contributed by atoms with Crippen LogP contribution in [0, 0.1) is 51.2 Å². The lowest BCUT2D eigenvalue weighted by Crippen LogP contribution is -2.68. The third kappa shape index (κ3) is 6.29. The fourth-order valence-corrected chi connectivity index (χ4v) is 15.5. The van der Waals surface area contributed by atoms with Gasteiger partial charge in [0.1, 0.15) is 0 Å². The molecule has 53 heavy (non-hydrogen) atoms. The molecule has 0 spiro atoms. The lowest BCUT2D eigenvalue weighted by atomic mass is 9.33. The van der Waals surface area contributed by atoms with Gasteiger partial charge in [0.25, 0.3) is 0 Å². The number of hydrogen-bond acceptors (Lipinski definition) is 7. The third-order valence-electron chi connectivity index (χ3n) is 17.0. The molecular formula is C43H65N3O6S. The number of carboxylic acid groups (broad SMARTS) is 1. The Labute approximate surface area is 318 Å². The second kappa shape index (κ2) is 13.6. The average Bonchev–Trinajstić information content (AvgIpc) is 3.49. The highest BCUT2D eigenvalue weighted by Gasteiger charge is 2.70. The van der Waals surface area contributed by atoms with Crippen molar-refractivity contribution in [2.24, 2.45) is 51.2 Å². The number of allylic oxidation sites excluding steroid dienone is 2. The van der Waals surface area contributed by atoms with E-state index in [-0.39, 0.29) is 50.8 Å². The topological polar surface area (TPSA) is 125 Å². The van der Waals surface area contributed by atoms with Gasteiger partial charge < -0.3 is 25.4 Å². The van der Waals surface area contributed by atoms with Gasteiger partial charge >= 0.3 is 12.1 Å². The largest absolute Gasteiger partial charge is 0.478 e. The number of fused-ring (bicyclic) bond motifs is 7.